The van der Waals surface area contributed by atoms with E-state index in [1.54, 1.807) is 18.2 Å². The summed E-state index contributed by atoms with van der Waals surface area (Å²) < 4.78 is 13.8. The van der Waals surface area contributed by atoms with Gasteiger partial charge in [0.05, 0.1) is 9.40 Å². The number of nitrogens with one attached hydrogen (secondary N) is 1. The van der Waals surface area contributed by atoms with Crippen LogP contribution < -0.4 is 5.32 Å². The van der Waals surface area contributed by atoms with Crippen LogP contribution >= 0.6 is 15.9 Å². The monoisotopic (exact) mass is 352 g/mol. The summed E-state index contributed by atoms with van der Waals surface area (Å²) in [6.45, 7) is 2.39. The molecule has 2 rings (SSSR count). The molecule has 1 unspecified atom stereocenters. The van der Waals surface area contributed by atoms with Gasteiger partial charge < -0.3 is 5.32 Å². The van der Waals surface area contributed by atoms with Crippen LogP contribution in [0.5, 0.6) is 0 Å². The van der Waals surface area contributed by atoms with Crippen LogP contribution in [0, 0.1) is 15.9 Å². The van der Waals surface area contributed by atoms with Crippen molar-refractivity contribution in [3.63, 3.8) is 0 Å². The van der Waals surface area contributed by atoms with E-state index in [1.165, 1.54) is 12.1 Å². The minimum atomic E-state index is -0.416. The number of nitro benzene ring substituents is 1. The lowest BCUT2D eigenvalue weighted by Crippen LogP contribution is -2.18. The molecule has 110 valence electrons. The van der Waals surface area contributed by atoms with Crippen LogP contribution in [0.15, 0.2) is 46.9 Å². The number of halogens is 2. The Hall–Kier alpha value is -1.79. The van der Waals surface area contributed by atoms with Crippen molar-refractivity contribution in [3.8, 4) is 0 Å². The van der Waals surface area contributed by atoms with Gasteiger partial charge in [0, 0.05) is 24.7 Å². The fourth-order valence-electron chi connectivity index (χ4n) is 1.95. The van der Waals surface area contributed by atoms with Gasteiger partial charge in [0.1, 0.15) is 5.82 Å². The normalized spacial score (nSPS) is 12.1. The standard InChI is InChI=1S/C15H14BrFN2O2/c1-10(12-3-2-4-13(8-12)19(20)21)18-9-11-5-6-14(16)15(17)7-11/h2-8,10,18H,9H2,1H3. The van der Waals surface area contributed by atoms with E-state index in [0.717, 1.165) is 11.1 Å². The van der Waals surface area contributed by atoms with Crippen molar-refractivity contribution < 1.29 is 9.31 Å². The number of hydrogen-bond donors (Lipinski definition) is 1. The molecule has 0 amide bonds. The molecule has 0 fully saturated rings. The third-order valence-corrected chi connectivity index (χ3v) is 3.82. The highest BCUT2D eigenvalue weighted by molar-refractivity contribution is 9.10. The second-order valence-electron chi connectivity index (χ2n) is 4.70. The zero-order valence-corrected chi connectivity index (χ0v) is 12.9. The molecule has 4 nitrogen and oxygen atoms in total. The van der Waals surface area contributed by atoms with Crippen molar-refractivity contribution in [2.75, 3.05) is 0 Å². The lowest BCUT2D eigenvalue weighted by molar-refractivity contribution is -0.384. The van der Waals surface area contributed by atoms with E-state index >= 15 is 0 Å². The van der Waals surface area contributed by atoms with Crippen molar-refractivity contribution in [1.82, 2.24) is 5.32 Å². The maximum Gasteiger partial charge on any atom is 0.269 e. The van der Waals surface area contributed by atoms with Gasteiger partial charge >= 0.3 is 0 Å². The lowest BCUT2D eigenvalue weighted by Gasteiger charge is -2.14. The molecule has 2 aromatic carbocycles. The van der Waals surface area contributed by atoms with Crippen LogP contribution in [0.2, 0.25) is 0 Å². The molecular formula is C15H14BrFN2O2. The van der Waals surface area contributed by atoms with E-state index in [9.17, 15) is 14.5 Å². The van der Waals surface area contributed by atoms with Crippen molar-refractivity contribution in [2.45, 2.75) is 19.5 Å². The van der Waals surface area contributed by atoms with Gasteiger partial charge in [0.15, 0.2) is 0 Å². The molecule has 0 saturated heterocycles. The molecule has 2 aromatic rings. The van der Waals surface area contributed by atoms with E-state index in [1.807, 2.05) is 19.1 Å². The van der Waals surface area contributed by atoms with Crippen molar-refractivity contribution in [1.29, 1.82) is 0 Å². The second kappa shape index (κ2) is 6.78. The Morgan fingerprint density at radius 2 is 2.10 bits per heavy atom. The summed E-state index contributed by atoms with van der Waals surface area (Å²) in [5.41, 5.74) is 1.70. The molecule has 1 N–H and O–H groups in total. The summed E-state index contributed by atoms with van der Waals surface area (Å²) in [5.74, 6) is -0.308. The van der Waals surface area contributed by atoms with Gasteiger partial charge in [-0.05, 0) is 46.1 Å². The summed E-state index contributed by atoms with van der Waals surface area (Å²) in [6.07, 6.45) is 0. The Bertz CT molecular complexity index is 664. The van der Waals surface area contributed by atoms with E-state index in [2.05, 4.69) is 21.2 Å². The maximum atomic E-state index is 13.4. The summed E-state index contributed by atoms with van der Waals surface area (Å²) in [6, 6.07) is 11.3. The van der Waals surface area contributed by atoms with E-state index < -0.39 is 4.92 Å². The van der Waals surface area contributed by atoms with Crippen LogP contribution in [0.25, 0.3) is 0 Å². The molecule has 0 radical (unpaired) electrons. The van der Waals surface area contributed by atoms with Crippen molar-refractivity contribution >= 4 is 21.6 Å². The maximum absolute atomic E-state index is 13.4. The molecule has 1 atom stereocenters. The Morgan fingerprint density at radius 1 is 1.33 bits per heavy atom. The van der Waals surface area contributed by atoms with Crippen LogP contribution in [-0.4, -0.2) is 4.92 Å². The molecule has 0 spiro atoms. The fourth-order valence-corrected chi connectivity index (χ4v) is 2.19. The van der Waals surface area contributed by atoms with Gasteiger partial charge in [-0.2, -0.15) is 0 Å². The van der Waals surface area contributed by atoms with Gasteiger partial charge in [-0.25, -0.2) is 4.39 Å². The first-order valence-electron chi connectivity index (χ1n) is 6.39. The van der Waals surface area contributed by atoms with Crippen molar-refractivity contribution in [3.05, 3.63) is 74.0 Å². The summed E-state index contributed by atoms with van der Waals surface area (Å²) >= 11 is 3.11. The van der Waals surface area contributed by atoms with E-state index in [-0.39, 0.29) is 17.5 Å². The molecule has 0 aliphatic rings. The Morgan fingerprint density at radius 3 is 2.76 bits per heavy atom. The lowest BCUT2D eigenvalue weighted by atomic mass is 10.1. The Balaban J connectivity index is 2.04. The molecule has 21 heavy (non-hydrogen) atoms. The van der Waals surface area contributed by atoms with Gasteiger partial charge in [-0.15, -0.1) is 0 Å². The molecular weight excluding hydrogens is 339 g/mol. The minimum absolute atomic E-state index is 0.0656. The SMILES string of the molecule is CC(NCc1ccc(Br)c(F)c1)c1cccc([N+](=O)[O-])c1. The average molecular weight is 353 g/mol. The zero-order chi connectivity index (χ0) is 15.4. The number of hydrogen-bond acceptors (Lipinski definition) is 3. The number of benzene rings is 2. The molecule has 0 aromatic heterocycles. The first-order valence-corrected chi connectivity index (χ1v) is 7.18. The summed E-state index contributed by atoms with van der Waals surface area (Å²) in [5, 5.41) is 14.0. The van der Waals surface area contributed by atoms with Crippen LogP contribution in [-0.2, 0) is 6.54 Å². The third-order valence-electron chi connectivity index (χ3n) is 3.18. The van der Waals surface area contributed by atoms with Crippen LogP contribution in [0.1, 0.15) is 24.1 Å². The number of nitro groups is 1. The molecule has 0 heterocycles. The van der Waals surface area contributed by atoms with Crippen LogP contribution in [0.3, 0.4) is 0 Å². The summed E-state index contributed by atoms with van der Waals surface area (Å²) in [4.78, 5) is 10.3. The van der Waals surface area contributed by atoms with Crippen LogP contribution in [0.4, 0.5) is 10.1 Å². The highest BCUT2D eigenvalue weighted by Gasteiger charge is 2.11. The summed E-state index contributed by atoms with van der Waals surface area (Å²) in [7, 11) is 0. The minimum Gasteiger partial charge on any atom is -0.306 e. The highest BCUT2D eigenvalue weighted by Crippen LogP contribution is 2.20. The first-order chi connectivity index (χ1) is 9.97. The van der Waals surface area contributed by atoms with Crippen molar-refractivity contribution in [2.24, 2.45) is 0 Å². The smallest absolute Gasteiger partial charge is 0.269 e. The third kappa shape index (κ3) is 4.09. The zero-order valence-electron chi connectivity index (χ0n) is 11.3. The first kappa shape index (κ1) is 15.6. The Labute approximate surface area is 130 Å². The quantitative estimate of drug-likeness (QED) is 0.642. The molecule has 0 aliphatic carbocycles. The van der Waals surface area contributed by atoms with E-state index in [4.69, 9.17) is 0 Å². The highest BCUT2D eigenvalue weighted by atomic mass is 79.9. The topological polar surface area (TPSA) is 55.2 Å². The van der Waals surface area contributed by atoms with Gasteiger partial charge in [0.2, 0.25) is 0 Å². The number of nitrogens with zero attached hydrogens (tertiary/aromatic N) is 1. The largest absolute Gasteiger partial charge is 0.306 e. The molecule has 6 heteroatoms. The fraction of sp³-hybridized carbons (Fsp3) is 0.200. The van der Waals surface area contributed by atoms with Gasteiger partial charge in [0.25, 0.3) is 5.69 Å². The average Bonchev–Trinajstić information content (AvgIpc) is 2.48. The second-order valence-corrected chi connectivity index (χ2v) is 5.56. The molecule has 0 aliphatic heterocycles. The molecule has 0 bridgehead atoms. The van der Waals surface area contributed by atoms with Gasteiger partial charge in [-0.3, -0.25) is 10.1 Å². The molecule has 0 saturated carbocycles. The number of rotatable bonds is 5. The Kier molecular flexibility index (Phi) is 5.03. The van der Waals surface area contributed by atoms with E-state index in [0.29, 0.717) is 11.0 Å². The predicted octanol–water partition coefficient (Wildman–Crippen LogP) is 4.35. The predicted molar refractivity (Wildman–Crippen MR) is 82.5 cm³/mol. The van der Waals surface area contributed by atoms with Gasteiger partial charge in [-0.1, -0.05) is 18.2 Å². The number of non-ortho nitro benzene ring substituents is 1.